The lowest BCUT2D eigenvalue weighted by molar-refractivity contribution is -0.143. The highest BCUT2D eigenvalue weighted by atomic mass is 16.4. The molecule has 29 nitrogen and oxygen atoms in total. The Hall–Kier alpha value is -7.95. The summed E-state index contributed by atoms with van der Waals surface area (Å²) in [4.78, 5) is 152. The summed E-state index contributed by atoms with van der Waals surface area (Å²) >= 11 is 0. The van der Waals surface area contributed by atoms with Gasteiger partial charge in [0.1, 0.15) is 48.3 Å². The minimum Gasteiger partial charge on any atom is -0.481 e. The van der Waals surface area contributed by atoms with E-state index in [1.807, 2.05) is 0 Å². The predicted molar refractivity (Wildman–Crippen MR) is 256 cm³/mol. The van der Waals surface area contributed by atoms with Crippen LogP contribution in [-0.2, 0) is 64.0 Å². The maximum atomic E-state index is 13.5. The van der Waals surface area contributed by atoms with Gasteiger partial charge in [-0.3, -0.25) is 58.1 Å². The van der Waals surface area contributed by atoms with Crippen LogP contribution in [0.1, 0.15) is 79.2 Å². The molecule has 9 amide bonds. The Balaban J connectivity index is 2.99. The average Bonchev–Trinajstić information content (AvgIpc) is 3.30. The molecule has 0 heterocycles. The van der Waals surface area contributed by atoms with E-state index in [2.05, 4.69) is 53.2 Å². The fraction of sp³-hybridized carbons (Fsp3) is 0.568. The number of aliphatic carboxylic acids is 3. The highest BCUT2D eigenvalue weighted by Crippen LogP contribution is 2.08. The van der Waals surface area contributed by atoms with Crippen LogP contribution >= 0.6 is 0 Å². The molecule has 1 aromatic rings. The molecule has 0 fully saturated rings. The molecule has 0 unspecified atom stereocenters. The van der Waals surface area contributed by atoms with Gasteiger partial charge in [-0.25, -0.2) is 4.79 Å². The van der Waals surface area contributed by atoms with Gasteiger partial charge in [-0.1, -0.05) is 44.2 Å². The van der Waals surface area contributed by atoms with Crippen molar-refractivity contribution < 1.29 is 78.0 Å². The number of carbonyl (C=O) groups is 12. The summed E-state index contributed by atoms with van der Waals surface area (Å²) < 4.78 is 0. The summed E-state index contributed by atoms with van der Waals surface area (Å²) in [5, 5.41) is 68.9. The van der Waals surface area contributed by atoms with Gasteiger partial charge in [0.05, 0.1) is 25.1 Å². The predicted octanol–water partition coefficient (Wildman–Crippen LogP) is -5.67. The Bertz CT molecular complexity index is 2140. The molecule has 29 heteroatoms. The van der Waals surface area contributed by atoms with Crippen molar-refractivity contribution in [2.45, 2.75) is 141 Å². The molecule has 1 aromatic carbocycles. The van der Waals surface area contributed by atoms with Crippen LogP contribution in [0.2, 0.25) is 0 Å². The molecule has 0 radical (unpaired) electrons. The summed E-state index contributed by atoms with van der Waals surface area (Å²) in [7, 11) is 0. The first-order chi connectivity index (χ1) is 34.0. The number of amides is 9. The summed E-state index contributed by atoms with van der Waals surface area (Å²) in [6.45, 7) is 7.32. The molecule has 0 aliphatic carbocycles. The van der Waals surface area contributed by atoms with E-state index in [0.717, 1.165) is 0 Å². The van der Waals surface area contributed by atoms with Gasteiger partial charge < -0.3 is 85.1 Å². The van der Waals surface area contributed by atoms with E-state index in [0.29, 0.717) is 5.56 Å². The van der Waals surface area contributed by atoms with Gasteiger partial charge in [0.25, 0.3) is 0 Å². The Morgan fingerprint density at radius 1 is 0.562 bits per heavy atom. The number of guanidine groups is 1. The number of aliphatic hydroxyl groups excluding tert-OH is 1. The summed E-state index contributed by atoms with van der Waals surface area (Å²) in [6, 6.07) is -4.63. The number of carboxylic acids is 3. The van der Waals surface area contributed by atoms with Crippen LogP contribution < -0.4 is 64.6 Å². The van der Waals surface area contributed by atoms with Crippen molar-refractivity contribution in [1.29, 1.82) is 5.41 Å². The van der Waals surface area contributed by atoms with Gasteiger partial charge in [-0.15, -0.1) is 0 Å². The number of benzene rings is 1. The normalized spacial score (nSPS) is 15.0. The van der Waals surface area contributed by atoms with Gasteiger partial charge in [0.15, 0.2) is 5.96 Å². The monoisotopic (exact) mass is 1040 g/mol. The highest BCUT2D eigenvalue weighted by Gasteiger charge is 2.34. The molecule has 0 saturated heterocycles. The van der Waals surface area contributed by atoms with Gasteiger partial charge >= 0.3 is 17.9 Å². The molecule has 0 aliphatic heterocycles. The third kappa shape index (κ3) is 24.2. The van der Waals surface area contributed by atoms with Crippen LogP contribution in [-0.4, -0.2) is 171 Å². The first-order valence-corrected chi connectivity index (χ1v) is 23.0. The van der Waals surface area contributed by atoms with E-state index in [1.54, 1.807) is 44.2 Å². The molecule has 0 bridgehead atoms. The van der Waals surface area contributed by atoms with Crippen LogP contribution in [0, 0.1) is 11.3 Å². The number of nitrogens with one attached hydrogen (secondary N) is 11. The fourth-order valence-corrected chi connectivity index (χ4v) is 6.40. The minimum absolute atomic E-state index is 0.0804. The molecule has 0 aromatic heterocycles. The van der Waals surface area contributed by atoms with Crippen LogP contribution in [0.4, 0.5) is 0 Å². The van der Waals surface area contributed by atoms with Crippen LogP contribution in [0.5, 0.6) is 0 Å². The summed E-state index contributed by atoms with van der Waals surface area (Å²) in [5.41, 5.74) is 11.5. The molecule has 0 saturated carbocycles. The van der Waals surface area contributed by atoms with Gasteiger partial charge in [-0.05, 0) is 58.4 Å². The minimum atomic E-state index is -1.64. The molecule has 0 aliphatic rings. The second-order valence-corrected chi connectivity index (χ2v) is 17.3. The Morgan fingerprint density at radius 2 is 1.05 bits per heavy atom. The summed E-state index contributed by atoms with van der Waals surface area (Å²) in [6.07, 6.45) is -3.43. The zero-order valence-electron chi connectivity index (χ0n) is 41.2. The molecule has 1 rings (SSSR count). The number of nitrogens with two attached hydrogens (primary N) is 2. The fourth-order valence-electron chi connectivity index (χ4n) is 6.40. The van der Waals surface area contributed by atoms with E-state index in [9.17, 15) is 67.7 Å². The molecule has 10 atom stereocenters. The zero-order valence-corrected chi connectivity index (χ0v) is 41.2. The lowest BCUT2D eigenvalue weighted by Crippen LogP contribution is -2.60. The zero-order chi connectivity index (χ0) is 55.7. The standard InChI is InChI=1S/C44H69N13O16/c1-20(2)33(56-37(66)23(5)51-40(69)28(14-15-31(60)61)54-38(67)26(45)18-32(62)63)41(70)52-22(4)35(64)53-27(13-10-16-48-44(46)47)39(68)49-19-30(59)50-21(3)36(65)57-34(24(6)58)42(71)55-29(43(72)73)17-25-11-8-7-9-12-25/h7-9,11-12,20-24,26-29,33-34,58H,10,13-19,45H2,1-6H3,(H,49,68)(H,50,59)(H,51,69)(H,52,70)(H,53,64)(H,54,67)(H,55,71)(H,56,66)(H,57,65)(H,60,61)(H,62,63)(H,72,73)(H4,46,47,48)/t21-,22-,23-,24+,26-,27-,28-,29-,33-,34-/m0/s1. The maximum Gasteiger partial charge on any atom is 0.326 e. The topological polar surface area (TPSA) is 482 Å². The van der Waals surface area contributed by atoms with Crippen molar-refractivity contribution in [1.82, 2.24) is 53.2 Å². The smallest absolute Gasteiger partial charge is 0.326 e. The molecule has 0 spiro atoms. The van der Waals surface area contributed by atoms with Crippen LogP contribution in [0.25, 0.3) is 0 Å². The van der Waals surface area contributed by atoms with Gasteiger partial charge in [0, 0.05) is 19.4 Å². The van der Waals surface area contributed by atoms with E-state index >= 15 is 0 Å². The van der Waals surface area contributed by atoms with E-state index in [4.69, 9.17) is 27.1 Å². The van der Waals surface area contributed by atoms with Crippen molar-refractivity contribution in [2.24, 2.45) is 17.4 Å². The first-order valence-electron chi connectivity index (χ1n) is 23.0. The number of hydrogen-bond acceptors (Lipinski definition) is 15. The maximum absolute atomic E-state index is 13.5. The van der Waals surface area contributed by atoms with E-state index < -0.39 is 163 Å². The molecular weight excluding hydrogens is 967 g/mol. The SMILES string of the molecule is CC(C)[C@H](NC(=O)[C@H](C)NC(=O)[C@H](CCC(=O)O)NC(=O)[C@@H](N)CC(=O)O)C(=O)N[C@@H](C)C(=O)N[C@@H](CCCNC(=N)N)C(=O)NCC(=O)N[C@@H](C)C(=O)N[C@H](C(=O)N[C@@H](Cc1ccccc1)C(=O)O)[C@@H](C)O. The number of carbonyl (C=O) groups excluding carboxylic acids is 9. The van der Waals surface area contributed by atoms with Crippen molar-refractivity contribution in [3.63, 3.8) is 0 Å². The Kier molecular flexibility index (Phi) is 27.1. The van der Waals surface area contributed by atoms with Crippen molar-refractivity contribution in [3.8, 4) is 0 Å². The molecular formula is C44H69N13O16. The first kappa shape index (κ1) is 63.1. The van der Waals surface area contributed by atoms with Crippen molar-refractivity contribution >= 4 is 77.0 Å². The summed E-state index contributed by atoms with van der Waals surface area (Å²) in [5.74, 6) is -13.7. The van der Waals surface area contributed by atoms with Crippen LogP contribution in [0.3, 0.4) is 0 Å². The van der Waals surface area contributed by atoms with Gasteiger partial charge in [-0.2, -0.15) is 0 Å². The largest absolute Gasteiger partial charge is 0.481 e. The molecule has 19 N–H and O–H groups in total. The number of carboxylic acid groups (broad SMARTS) is 3. The van der Waals surface area contributed by atoms with Crippen molar-refractivity contribution in [3.05, 3.63) is 35.9 Å². The second kappa shape index (κ2) is 31.4. The Labute approximate surface area is 419 Å². The number of aliphatic hydroxyl groups is 1. The highest BCUT2D eigenvalue weighted by molar-refractivity contribution is 5.98. The van der Waals surface area contributed by atoms with E-state index in [1.165, 1.54) is 27.7 Å². The average molecular weight is 1040 g/mol. The number of hydrogen-bond donors (Lipinski definition) is 17. The van der Waals surface area contributed by atoms with E-state index in [-0.39, 0.29) is 31.8 Å². The number of rotatable bonds is 32. The lowest BCUT2D eigenvalue weighted by Gasteiger charge is -2.27. The molecule has 73 heavy (non-hydrogen) atoms. The molecule has 406 valence electrons. The lowest BCUT2D eigenvalue weighted by atomic mass is 10.0. The quantitative estimate of drug-likeness (QED) is 0.0182. The second-order valence-electron chi connectivity index (χ2n) is 17.3. The van der Waals surface area contributed by atoms with Crippen molar-refractivity contribution in [2.75, 3.05) is 13.1 Å². The van der Waals surface area contributed by atoms with Crippen LogP contribution in [0.15, 0.2) is 30.3 Å². The third-order valence-corrected chi connectivity index (χ3v) is 10.5. The van der Waals surface area contributed by atoms with Gasteiger partial charge in [0.2, 0.25) is 53.2 Å². The Morgan fingerprint density at radius 3 is 1.58 bits per heavy atom. The third-order valence-electron chi connectivity index (χ3n) is 10.5.